The zero-order valence-electron chi connectivity index (χ0n) is 9.59. The fourth-order valence-electron chi connectivity index (χ4n) is 1.06. The molecule has 0 bridgehead atoms. The Bertz CT molecular complexity index is 314. The van der Waals surface area contributed by atoms with Crippen molar-refractivity contribution in [3.63, 3.8) is 0 Å². The van der Waals surface area contributed by atoms with Gasteiger partial charge in [0.25, 0.3) is 0 Å². The van der Waals surface area contributed by atoms with Gasteiger partial charge in [-0.25, -0.2) is 0 Å². The minimum absolute atomic E-state index is 0.153. The lowest BCUT2D eigenvalue weighted by Gasteiger charge is -2.09. The maximum absolute atomic E-state index is 10.3. The van der Waals surface area contributed by atoms with Crippen LogP contribution in [0.4, 0.5) is 0 Å². The molecule has 0 saturated carbocycles. The van der Waals surface area contributed by atoms with Crippen LogP contribution >= 0.6 is 23.2 Å². The van der Waals surface area contributed by atoms with Gasteiger partial charge in [-0.05, 0) is 18.4 Å². The molecule has 0 saturated heterocycles. The van der Waals surface area contributed by atoms with Crippen LogP contribution in [0.25, 0.3) is 0 Å². The first-order chi connectivity index (χ1) is 7.97. The van der Waals surface area contributed by atoms with Gasteiger partial charge < -0.3 is 5.11 Å². The van der Waals surface area contributed by atoms with Crippen LogP contribution in [0, 0.1) is 0 Å². The van der Waals surface area contributed by atoms with Crippen molar-refractivity contribution >= 4 is 29.2 Å². The smallest absolute Gasteiger partial charge is 0.303 e. The molecule has 2 N–H and O–H groups in total. The quantitative estimate of drug-likeness (QED) is 0.386. The number of hydrogen-bond acceptors (Lipinski definition) is 2. The van der Waals surface area contributed by atoms with Crippen molar-refractivity contribution in [2.45, 2.75) is 24.8 Å². The first-order valence-corrected chi connectivity index (χ1v) is 6.14. The highest BCUT2D eigenvalue weighted by Crippen LogP contribution is 2.11. The van der Waals surface area contributed by atoms with Gasteiger partial charge >= 0.3 is 5.97 Å². The summed E-state index contributed by atoms with van der Waals surface area (Å²) in [5, 5.41) is 11.3. The van der Waals surface area contributed by atoms with Gasteiger partial charge in [-0.2, -0.15) is 0 Å². The molecule has 0 radical (unpaired) electrons. The van der Waals surface area contributed by atoms with E-state index in [-0.39, 0.29) is 12.4 Å². The molecule has 1 atom stereocenters. The summed E-state index contributed by atoms with van der Waals surface area (Å²) in [6.07, 6.45) is 4.91. The largest absolute Gasteiger partial charge is 0.481 e. The summed E-state index contributed by atoms with van der Waals surface area (Å²) >= 11 is 11.4. The fourth-order valence-corrected chi connectivity index (χ4v) is 1.44. The highest BCUT2D eigenvalue weighted by molar-refractivity contribution is 6.23. The maximum Gasteiger partial charge on any atom is 0.303 e. The Balaban J connectivity index is 3.94. The van der Waals surface area contributed by atoms with Crippen molar-refractivity contribution in [1.29, 1.82) is 0 Å². The van der Waals surface area contributed by atoms with E-state index in [9.17, 15) is 4.79 Å². The number of nitrogens with one attached hydrogen (secondary N) is 1. The third kappa shape index (κ3) is 8.98. The van der Waals surface area contributed by atoms with Gasteiger partial charge in [0.05, 0.1) is 6.00 Å². The molecule has 0 amide bonds. The first kappa shape index (κ1) is 16.2. The van der Waals surface area contributed by atoms with Gasteiger partial charge in [0.2, 0.25) is 0 Å². The Kier molecular flexibility index (Phi) is 8.86. The molecule has 5 heteroatoms. The molecule has 0 aromatic heterocycles. The molecule has 1 unspecified atom stereocenters. The summed E-state index contributed by atoms with van der Waals surface area (Å²) in [5.74, 6) is -0.793. The first-order valence-electron chi connectivity index (χ1n) is 5.17. The van der Waals surface area contributed by atoms with E-state index in [2.05, 4.69) is 18.5 Å². The topological polar surface area (TPSA) is 49.3 Å². The zero-order valence-corrected chi connectivity index (χ0v) is 11.1. The third-order valence-electron chi connectivity index (χ3n) is 2.00. The van der Waals surface area contributed by atoms with Crippen LogP contribution in [-0.4, -0.2) is 22.6 Å². The molecule has 0 heterocycles. The van der Waals surface area contributed by atoms with Crippen molar-refractivity contribution in [2.24, 2.45) is 0 Å². The highest BCUT2D eigenvalue weighted by atomic mass is 35.5. The molecular weight excluding hydrogens is 261 g/mol. The van der Waals surface area contributed by atoms with Crippen LogP contribution in [0.2, 0.25) is 0 Å². The standard InChI is InChI=1S/C12H17Cl2NO2/c1-9(4-3-5-11(16)17)6-7-10(2)12(14)15-8-13/h6-7,12,15H,1-5,8H2,(H,16,17)/b7-6-. The number of hydrogen-bond donors (Lipinski definition) is 2. The molecular formula is C12H17Cl2NO2. The second-order valence-corrected chi connectivity index (χ2v) is 4.22. The molecule has 17 heavy (non-hydrogen) atoms. The average Bonchev–Trinajstić information content (AvgIpc) is 2.25. The number of rotatable bonds is 9. The van der Waals surface area contributed by atoms with E-state index in [0.717, 1.165) is 5.57 Å². The molecule has 0 aliphatic heterocycles. The number of allylic oxidation sites excluding steroid dienone is 2. The highest BCUT2D eigenvalue weighted by Gasteiger charge is 2.03. The van der Waals surface area contributed by atoms with E-state index in [4.69, 9.17) is 28.3 Å². The predicted molar refractivity (Wildman–Crippen MR) is 72.4 cm³/mol. The van der Waals surface area contributed by atoms with Crippen LogP contribution in [0.15, 0.2) is 36.5 Å². The molecule has 0 fully saturated rings. The van der Waals surface area contributed by atoms with Crippen molar-refractivity contribution in [1.82, 2.24) is 5.32 Å². The van der Waals surface area contributed by atoms with Crippen molar-refractivity contribution in [3.8, 4) is 0 Å². The van der Waals surface area contributed by atoms with Gasteiger partial charge in [-0.3, -0.25) is 10.1 Å². The van der Waals surface area contributed by atoms with Gasteiger partial charge in [0.15, 0.2) is 0 Å². The van der Waals surface area contributed by atoms with Crippen molar-refractivity contribution in [3.05, 3.63) is 36.5 Å². The van der Waals surface area contributed by atoms with Crippen LogP contribution in [0.1, 0.15) is 19.3 Å². The second-order valence-electron chi connectivity index (χ2n) is 3.51. The van der Waals surface area contributed by atoms with Gasteiger partial charge in [-0.15, -0.1) is 23.2 Å². The number of carboxylic acids is 1. The summed E-state index contributed by atoms with van der Waals surface area (Å²) in [6.45, 7) is 7.60. The second kappa shape index (κ2) is 9.28. The van der Waals surface area contributed by atoms with E-state index in [1.807, 2.05) is 0 Å². The number of aliphatic carboxylic acids is 1. The molecule has 0 aliphatic rings. The van der Waals surface area contributed by atoms with E-state index < -0.39 is 11.5 Å². The van der Waals surface area contributed by atoms with Gasteiger partial charge in [0.1, 0.15) is 5.50 Å². The number of carbonyl (C=O) groups is 1. The molecule has 0 spiro atoms. The molecule has 96 valence electrons. The van der Waals surface area contributed by atoms with E-state index in [1.165, 1.54) is 0 Å². The average molecular weight is 278 g/mol. The van der Waals surface area contributed by atoms with E-state index in [0.29, 0.717) is 18.4 Å². The maximum atomic E-state index is 10.3. The summed E-state index contributed by atoms with van der Waals surface area (Å²) in [4.78, 5) is 10.3. The summed E-state index contributed by atoms with van der Waals surface area (Å²) in [5.41, 5.74) is 1.13. The number of alkyl halides is 2. The summed E-state index contributed by atoms with van der Waals surface area (Å²) in [6, 6.07) is 0.251. The Morgan fingerprint density at radius 1 is 1.35 bits per heavy atom. The number of halogens is 2. The Labute approximate surface area is 112 Å². The predicted octanol–water partition coefficient (Wildman–Crippen LogP) is 3.26. The Morgan fingerprint density at radius 2 is 2.00 bits per heavy atom. The van der Waals surface area contributed by atoms with Crippen LogP contribution in [0.5, 0.6) is 0 Å². The lowest BCUT2D eigenvalue weighted by Crippen LogP contribution is -2.22. The SMILES string of the molecule is C=C(/C=C\C(=C)C(Cl)NCCl)CCCC(=O)O. The summed E-state index contributed by atoms with van der Waals surface area (Å²) in [7, 11) is 0. The van der Waals surface area contributed by atoms with Crippen LogP contribution in [0.3, 0.4) is 0 Å². The molecule has 0 aromatic rings. The van der Waals surface area contributed by atoms with E-state index in [1.54, 1.807) is 12.2 Å². The zero-order chi connectivity index (χ0) is 13.3. The van der Waals surface area contributed by atoms with Crippen molar-refractivity contribution < 1.29 is 9.90 Å². The van der Waals surface area contributed by atoms with Crippen molar-refractivity contribution in [2.75, 3.05) is 6.00 Å². The Morgan fingerprint density at radius 3 is 2.53 bits per heavy atom. The lowest BCUT2D eigenvalue weighted by molar-refractivity contribution is -0.137. The fraction of sp³-hybridized carbons (Fsp3) is 0.417. The third-order valence-corrected chi connectivity index (χ3v) is 2.59. The van der Waals surface area contributed by atoms with Crippen LogP contribution < -0.4 is 5.32 Å². The van der Waals surface area contributed by atoms with Gasteiger partial charge in [0, 0.05) is 6.42 Å². The number of carboxylic acid groups (broad SMARTS) is 1. The van der Waals surface area contributed by atoms with E-state index >= 15 is 0 Å². The van der Waals surface area contributed by atoms with Gasteiger partial charge in [-0.1, -0.05) is 30.9 Å². The van der Waals surface area contributed by atoms with Crippen LogP contribution in [-0.2, 0) is 4.79 Å². The molecule has 0 rings (SSSR count). The molecule has 3 nitrogen and oxygen atoms in total. The minimum atomic E-state index is -0.793. The molecule has 0 aromatic carbocycles. The monoisotopic (exact) mass is 277 g/mol. The Hall–Kier alpha value is -0.770. The lowest BCUT2D eigenvalue weighted by atomic mass is 10.1. The molecule has 0 aliphatic carbocycles. The normalized spacial score (nSPS) is 12.6. The summed E-state index contributed by atoms with van der Waals surface area (Å²) < 4.78 is 0. The minimum Gasteiger partial charge on any atom is -0.481 e.